The third kappa shape index (κ3) is 3.92. The molecule has 156 valence electrons. The van der Waals surface area contributed by atoms with Crippen LogP contribution in [0.2, 0.25) is 0 Å². The van der Waals surface area contributed by atoms with Gasteiger partial charge in [-0.1, -0.05) is 30.4 Å². The Kier molecular flexibility index (Phi) is 5.80. The molecule has 1 aliphatic carbocycles. The van der Waals surface area contributed by atoms with E-state index in [2.05, 4.69) is 22.1 Å². The summed E-state index contributed by atoms with van der Waals surface area (Å²) in [5.74, 6) is 1.13. The third-order valence-corrected chi connectivity index (χ3v) is 5.20. The number of ether oxygens (including phenoxy) is 3. The van der Waals surface area contributed by atoms with Crippen LogP contribution >= 0.6 is 0 Å². The van der Waals surface area contributed by atoms with E-state index in [-0.39, 0.29) is 5.78 Å². The van der Waals surface area contributed by atoms with Crippen LogP contribution in [0.1, 0.15) is 27.9 Å². The van der Waals surface area contributed by atoms with Crippen molar-refractivity contribution < 1.29 is 19.0 Å². The predicted molar refractivity (Wildman–Crippen MR) is 119 cm³/mol. The molecule has 1 heterocycles. The van der Waals surface area contributed by atoms with Gasteiger partial charge in [0.25, 0.3) is 0 Å². The molecule has 0 bridgehead atoms. The number of ketones is 1. The fourth-order valence-corrected chi connectivity index (χ4v) is 3.65. The van der Waals surface area contributed by atoms with Crippen molar-refractivity contribution >= 4 is 11.4 Å². The van der Waals surface area contributed by atoms with Gasteiger partial charge in [-0.2, -0.15) is 0 Å². The minimum Gasteiger partial charge on any atom is -0.493 e. The van der Waals surface area contributed by atoms with Gasteiger partial charge < -0.3 is 14.2 Å². The molecule has 4 rings (SSSR count). The van der Waals surface area contributed by atoms with Crippen LogP contribution in [0.3, 0.4) is 0 Å². The SMILES string of the molecule is COc1cc(C(=O)c2cc(C3=CC=CC3)ccc2-c2cncnc2)cc(OC)c1OC. The molecule has 1 aliphatic rings. The minimum absolute atomic E-state index is 0.161. The quantitative estimate of drug-likeness (QED) is 0.520. The summed E-state index contributed by atoms with van der Waals surface area (Å²) in [6.45, 7) is 0. The van der Waals surface area contributed by atoms with Crippen molar-refractivity contribution in [3.8, 4) is 28.4 Å². The molecule has 6 nitrogen and oxygen atoms in total. The van der Waals surface area contributed by atoms with Gasteiger partial charge in [-0.25, -0.2) is 9.97 Å². The number of benzene rings is 2. The van der Waals surface area contributed by atoms with Gasteiger partial charge in [0, 0.05) is 29.1 Å². The third-order valence-electron chi connectivity index (χ3n) is 5.20. The molecule has 0 unspecified atom stereocenters. The largest absolute Gasteiger partial charge is 0.493 e. The van der Waals surface area contributed by atoms with Crippen LogP contribution < -0.4 is 14.2 Å². The highest BCUT2D eigenvalue weighted by molar-refractivity contribution is 6.13. The highest BCUT2D eigenvalue weighted by Gasteiger charge is 2.21. The zero-order chi connectivity index (χ0) is 21.8. The molecule has 0 aliphatic heterocycles. The van der Waals surface area contributed by atoms with E-state index in [1.54, 1.807) is 24.5 Å². The van der Waals surface area contributed by atoms with E-state index in [9.17, 15) is 4.79 Å². The van der Waals surface area contributed by atoms with Crippen molar-refractivity contribution in [1.29, 1.82) is 0 Å². The fraction of sp³-hybridized carbons (Fsp3) is 0.160. The van der Waals surface area contributed by atoms with Gasteiger partial charge in [0.05, 0.1) is 21.3 Å². The van der Waals surface area contributed by atoms with Gasteiger partial charge in [0.15, 0.2) is 17.3 Å². The first kappa shape index (κ1) is 20.3. The number of hydrogen-bond donors (Lipinski definition) is 0. The molecule has 1 aromatic heterocycles. The van der Waals surface area contributed by atoms with Gasteiger partial charge in [-0.15, -0.1) is 0 Å². The Hall–Kier alpha value is -3.93. The second-order valence-electron chi connectivity index (χ2n) is 6.95. The first-order chi connectivity index (χ1) is 15.2. The van der Waals surface area contributed by atoms with E-state index in [0.29, 0.717) is 28.4 Å². The minimum atomic E-state index is -0.161. The van der Waals surface area contributed by atoms with Crippen LogP contribution in [0.4, 0.5) is 0 Å². The van der Waals surface area contributed by atoms with Crippen LogP contribution in [-0.2, 0) is 0 Å². The number of hydrogen-bond acceptors (Lipinski definition) is 6. The maximum Gasteiger partial charge on any atom is 0.203 e. The number of carbonyl (C=O) groups excluding carboxylic acids is 1. The van der Waals surface area contributed by atoms with Crippen LogP contribution in [-0.4, -0.2) is 37.1 Å². The Morgan fingerprint density at radius 2 is 1.61 bits per heavy atom. The fourth-order valence-electron chi connectivity index (χ4n) is 3.65. The molecule has 0 spiro atoms. The van der Waals surface area contributed by atoms with Crippen molar-refractivity contribution in [2.24, 2.45) is 0 Å². The lowest BCUT2D eigenvalue weighted by molar-refractivity contribution is 0.103. The van der Waals surface area contributed by atoms with E-state index >= 15 is 0 Å². The van der Waals surface area contributed by atoms with Gasteiger partial charge in [-0.05, 0) is 41.3 Å². The lowest BCUT2D eigenvalue weighted by atomic mass is 9.91. The van der Waals surface area contributed by atoms with Gasteiger partial charge in [0.1, 0.15) is 6.33 Å². The maximum absolute atomic E-state index is 13.7. The zero-order valence-corrected chi connectivity index (χ0v) is 17.6. The Labute approximate surface area is 180 Å². The van der Waals surface area contributed by atoms with Gasteiger partial charge >= 0.3 is 0 Å². The molecule has 0 atom stereocenters. The van der Waals surface area contributed by atoms with E-state index in [0.717, 1.165) is 28.7 Å². The standard InChI is InChI=1S/C25H22N2O4/c1-29-22-11-18(12-23(30-2)25(22)31-3)24(28)21-10-17(16-6-4-5-7-16)8-9-20(21)19-13-26-15-27-14-19/h4-6,8-15H,7H2,1-3H3. The van der Waals surface area contributed by atoms with E-state index in [1.165, 1.54) is 27.7 Å². The molecule has 0 saturated carbocycles. The van der Waals surface area contributed by atoms with Crippen molar-refractivity contribution in [2.45, 2.75) is 6.42 Å². The first-order valence-electron chi connectivity index (χ1n) is 9.76. The topological polar surface area (TPSA) is 70.5 Å². The summed E-state index contributed by atoms with van der Waals surface area (Å²) in [7, 11) is 4.58. The molecule has 31 heavy (non-hydrogen) atoms. The van der Waals surface area contributed by atoms with Gasteiger partial charge in [0.2, 0.25) is 5.75 Å². The first-order valence-corrected chi connectivity index (χ1v) is 9.76. The Morgan fingerprint density at radius 1 is 0.903 bits per heavy atom. The second-order valence-corrected chi connectivity index (χ2v) is 6.95. The van der Waals surface area contributed by atoms with E-state index in [1.807, 2.05) is 24.3 Å². The summed E-state index contributed by atoms with van der Waals surface area (Å²) >= 11 is 0. The number of rotatable bonds is 7. The lowest BCUT2D eigenvalue weighted by Gasteiger charge is -2.15. The smallest absolute Gasteiger partial charge is 0.203 e. The molecule has 0 saturated heterocycles. The van der Waals surface area contributed by atoms with Crippen LogP contribution in [0.15, 0.2) is 67.3 Å². The predicted octanol–water partition coefficient (Wildman–Crippen LogP) is 4.74. The number of carbonyl (C=O) groups is 1. The average Bonchev–Trinajstić information content (AvgIpc) is 3.38. The lowest BCUT2D eigenvalue weighted by Crippen LogP contribution is -2.07. The van der Waals surface area contributed by atoms with Crippen LogP contribution in [0.5, 0.6) is 17.2 Å². The van der Waals surface area contributed by atoms with Crippen molar-refractivity contribution in [1.82, 2.24) is 9.97 Å². The molecule has 0 radical (unpaired) electrons. The molecule has 3 aromatic rings. The van der Waals surface area contributed by atoms with Gasteiger partial charge in [-0.3, -0.25) is 4.79 Å². The zero-order valence-electron chi connectivity index (χ0n) is 17.6. The number of nitrogens with zero attached hydrogens (tertiary/aromatic N) is 2. The molecule has 0 amide bonds. The Morgan fingerprint density at radius 3 is 2.19 bits per heavy atom. The molecule has 0 fully saturated rings. The molecular weight excluding hydrogens is 392 g/mol. The summed E-state index contributed by atoms with van der Waals surface area (Å²) in [4.78, 5) is 21.9. The van der Waals surface area contributed by atoms with Crippen LogP contribution in [0, 0.1) is 0 Å². The highest BCUT2D eigenvalue weighted by atomic mass is 16.5. The van der Waals surface area contributed by atoms with Crippen molar-refractivity contribution in [3.05, 3.63) is 84.0 Å². The molecule has 0 N–H and O–H groups in total. The summed E-state index contributed by atoms with van der Waals surface area (Å²) in [6.07, 6.45) is 11.9. The number of aromatic nitrogens is 2. The molecular formula is C25H22N2O4. The summed E-state index contributed by atoms with van der Waals surface area (Å²) < 4.78 is 16.2. The second kappa shape index (κ2) is 8.83. The summed E-state index contributed by atoms with van der Waals surface area (Å²) in [6, 6.07) is 9.22. The van der Waals surface area contributed by atoms with E-state index < -0.39 is 0 Å². The molecule has 2 aromatic carbocycles. The number of methoxy groups -OCH3 is 3. The Bertz CT molecular complexity index is 1160. The Balaban J connectivity index is 1.87. The van der Waals surface area contributed by atoms with E-state index in [4.69, 9.17) is 14.2 Å². The average molecular weight is 414 g/mol. The number of allylic oxidation sites excluding steroid dienone is 4. The van der Waals surface area contributed by atoms with Crippen molar-refractivity contribution in [2.75, 3.05) is 21.3 Å². The highest BCUT2D eigenvalue weighted by Crippen LogP contribution is 2.39. The van der Waals surface area contributed by atoms with Crippen LogP contribution in [0.25, 0.3) is 16.7 Å². The monoisotopic (exact) mass is 414 g/mol. The summed E-state index contributed by atoms with van der Waals surface area (Å²) in [5, 5.41) is 0. The normalized spacial score (nSPS) is 12.4. The maximum atomic E-state index is 13.7. The van der Waals surface area contributed by atoms with Crippen molar-refractivity contribution in [3.63, 3.8) is 0 Å². The molecule has 6 heteroatoms. The summed E-state index contributed by atoms with van der Waals surface area (Å²) in [5.41, 5.74) is 4.67.